The molecule has 19 heavy (non-hydrogen) atoms. The molecule has 0 saturated heterocycles. The van der Waals surface area contributed by atoms with Crippen LogP contribution < -0.4 is 10.6 Å². The highest BCUT2D eigenvalue weighted by Crippen LogP contribution is 2.21. The Kier molecular flexibility index (Phi) is 5.29. The summed E-state index contributed by atoms with van der Waals surface area (Å²) in [4.78, 5) is 28.0. The Morgan fingerprint density at radius 1 is 1.42 bits per heavy atom. The van der Waals surface area contributed by atoms with E-state index in [1.807, 2.05) is 20.8 Å². The lowest BCUT2D eigenvalue weighted by Gasteiger charge is -2.19. The summed E-state index contributed by atoms with van der Waals surface area (Å²) in [7, 11) is 0. The quantitative estimate of drug-likeness (QED) is 0.774. The van der Waals surface area contributed by atoms with E-state index in [2.05, 4.69) is 15.6 Å². The molecule has 6 nitrogen and oxygen atoms in total. The molecule has 0 saturated carbocycles. The molecule has 1 aromatic heterocycles. The van der Waals surface area contributed by atoms with Gasteiger partial charge in [0.15, 0.2) is 5.13 Å². The molecule has 1 rings (SSSR count). The van der Waals surface area contributed by atoms with E-state index in [0.717, 1.165) is 10.6 Å². The molecule has 0 radical (unpaired) electrons. The summed E-state index contributed by atoms with van der Waals surface area (Å²) < 4.78 is 0. The largest absolute Gasteiger partial charge is 0.480 e. The highest BCUT2D eigenvalue weighted by atomic mass is 32.1. The molecule has 1 aromatic rings. The van der Waals surface area contributed by atoms with Crippen LogP contribution in [0.1, 0.15) is 30.8 Å². The zero-order valence-corrected chi connectivity index (χ0v) is 12.3. The number of anilines is 1. The van der Waals surface area contributed by atoms with Crippen LogP contribution in [-0.2, 0) is 4.79 Å². The number of nitrogens with zero attached hydrogens (tertiary/aromatic N) is 1. The van der Waals surface area contributed by atoms with Gasteiger partial charge in [-0.15, -0.1) is 11.3 Å². The molecule has 2 amide bonds. The number of urea groups is 1. The minimum atomic E-state index is -1.03. The van der Waals surface area contributed by atoms with Gasteiger partial charge in [-0.05, 0) is 19.8 Å². The first-order valence-corrected chi connectivity index (χ1v) is 6.91. The summed E-state index contributed by atoms with van der Waals surface area (Å²) in [6, 6.07) is -1.44. The molecule has 0 bridgehead atoms. The summed E-state index contributed by atoms with van der Waals surface area (Å²) in [6.07, 6.45) is 0.673. The molecule has 1 unspecified atom stereocenters. The number of carbonyl (C=O) groups is 2. The van der Waals surface area contributed by atoms with E-state index in [-0.39, 0.29) is 5.92 Å². The number of carboxylic acids is 1. The maximum absolute atomic E-state index is 11.7. The van der Waals surface area contributed by atoms with Gasteiger partial charge in [0.05, 0.1) is 5.69 Å². The number of hydrogen-bond acceptors (Lipinski definition) is 4. The van der Waals surface area contributed by atoms with Crippen LogP contribution in [0.25, 0.3) is 0 Å². The van der Waals surface area contributed by atoms with E-state index in [1.54, 1.807) is 6.92 Å². The minimum absolute atomic E-state index is 0.136. The third-order valence-corrected chi connectivity index (χ3v) is 4.00. The number of aromatic nitrogens is 1. The van der Waals surface area contributed by atoms with Crippen LogP contribution in [0.4, 0.5) is 9.93 Å². The molecule has 2 atom stereocenters. The van der Waals surface area contributed by atoms with Crippen molar-refractivity contribution in [3.63, 3.8) is 0 Å². The van der Waals surface area contributed by atoms with Gasteiger partial charge in [-0.3, -0.25) is 5.32 Å². The van der Waals surface area contributed by atoms with Crippen molar-refractivity contribution < 1.29 is 14.7 Å². The van der Waals surface area contributed by atoms with Crippen molar-refractivity contribution in [2.45, 2.75) is 40.2 Å². The lowest BCUT2D eigenvalue weighted by Crippen LogP contribution is -2.46. The Morgan fingerprint density at radius 2 is 2.05 bits per heavy atom. The van der Waals surface area contributed by atoms with Crippen LogP contribution in [0.3, 0.4) is 0 Å². The number of hydrogen-bond donors (Lipinski definition) is 3. The molecule has 0 aliphatic rings. The first kappa shape index (κ1) is 15.4. The first-order chi connectivity index (χ1) is 8.85. The Bertz CT molecular complexity index is 453. The highest BCUT2D eigenvalue weighted by molar-refractivity contribution is 7.15. The predicted octanol–water partition coefficient (Wildman–Crippen LogP) is 2.38. The van der Waals surface area contributed by atoms with Crippen molar-refractivity contribution in [3.8, 4) is 0 Å². The summed E-state index contributed by atoms with van der Waals surface area (Å²) >= 11 is 1.36. The third-order valence-electron chi connectivity index (χ3n) is 3.01. The van der Waals surface area contributed by atoms with Crippen molar-refractivity contribution in [3.05, 3.63) is 10.6 Å². The molecule has 0 aliphatic carbocycles. The van der Waals surface area contributed by atoms with E-state index >= 15 is 0 Å². The number of amides is 2. The molecule has 0 aliphatic heterocycles. The van der Waals surface area contributed by atoms with Gasteiger partial charge in [0.2, 0.25) is 0 Å². The summed E-state index contributed by atoms with van der Waals surface area (Å²) in [6.45, 7) is 7.44. The molecule has 0 aromatic carbocycles. The maximum Gasteiger partial charge on any atom is 0.326 e. The van der Waals surface area contributed by atoms with Crippen LogP contribution in [-0.4, -0.2) is 28.1 Å². The normalized spacial score (nSPS) is 13.7. The fraction of sp³-hybridized carbons (Fsp3) is 0.583. The van der Waals surface area contributed by atoms with Gasteiger partial charge in [0, 0.05) is 4.88 Å². The minimum Gasteiger partial charge on any atom is -0.480 e. The number of rotatable bonds is 5. The molecule has 7 heteroatoms. The van der Waals surface area contributed by atoms with Crippen LogP contribution in [0.15, 0.2) is 0 Å². The summed E-state index contributed by atoms with van der Waals surface area (Å²) in [5.74, 6) is -1.17. The number of thiazole rings is 1. The second-order valence-electron chi connectivity index (χ2n) is 4.46. The predicted molar refractivity (Wildman–Crippen MR) is 74.6 cm³/mol. The maximum atomic E-state index is 11.7. The second-order valence-corrected chi connectivity index (χ2v) is 5.66. The van der Waals surface area contributed by atoms with Crippen LogP contribution in [0, 0.1) is 19.8 Å². The van der Waals surface area contributed by atoms with Gasteiger partial charge in [0.1, 0.15) is 6.04 Å². The van der Waals surface area contributed by atoms with E-state index in [9.17, 15) is 9.59 Å². The van der Waals surface area contributed by atoms with Crippen molar-refractivity contribution in [2.75, 3.05) is 5.32 Å². The van der Waals surface area contributed by atoms with Gasteiger partial charge in [-0.2, -0.15) is 0 Å². The number of carbonyl (C=O) groups excluding carboxylic acids is 1. The van der Waals surface area contributed by atoms with Crippen molar-refractivity contribution >= 4 is 28.5 Å². The fourth-order valence-corrected chi connectivity index (χ4v) is 2.29. The number of aryl methyl sites for hydroxylation is 2. The zero-order chi connectivity index (χ0) is 14.6. The van der Waals surface area contributed by atoms with E-state index in [0.29, 0.717) is 11.6 Å². The molecular weight excluding hydrogens is 266 g/mol. The fourth-order valence-electron chi connectivity index (χ4n) is 1.48. The zero-order valence-electron chi connectivity index (χ0n) is 11.5. The Morgan fingerprint density at radius 3 is 2.47 bits per heavy atom. The van der Waals surface area contributed by atoms with Crippen LogP contribution in [0.5, 0.6) is 0 Å². The second kappa shape index (κ2) is 6.51. The van der Waals surface area contributed by atoms with Gasteiger partial charge < -0.3 is 10.4 Å². The Labute approximate surface area is 116 Å². The molecular formula is C12H19N3O3S. The number of aliphatic carboxylic acids is 1. The molecule has 0 spiro atoms. The lowest BCUT2D eigenvalue weighted by molar-refractivity contribution is -0.140. The summed E-state index contributed by atoms with van der Waals surface area (Å²) in [5.41, 5.74) is 0.858. The van der Waals surface area contributed by atoms with Crippen LogP contribution >= 0.6 is 11.3 Å². The average Bonchev–Trinajstić information content (AvgIpc) is 2.63. The van der Waals surface area contributed by atoms with Gasteiger partial charge >= 0.3 is 12.0 Å². The SMILES string of the molecule is CCC(C)[C@H](NC(=O)Nc1nc(C)c(C)s1)C(=O)O. The van der Waals surface area contributed by atoms with E-state index < -0.39 is 18.0 Å². The van der Waals surface area contributed by atoms with Crippen LogP contribution in [0.2, 0.25) is 0 Å². The molecule has 0 fully saturated rings. The molecule has 1 heterocycles. The molecule has 3 N–H and O–H groups in total. The van der Waals surface area contributed by atoms with Gasteiger partial charge in [0.25, 0.3) is 0 Å². The topological polar surface area (TPSA) is 91.3 Å². The summed E-state index contributed by atoms with van der Waals surface area (Å²) in [5, 5.41) is 14.6. The third kappa shape index (κ3) is 4.20. The highest BCUT2D eigenvalue weighted by Gasteiger charge is 2.25. The van der Waals surface area contributed by atoms with E-state index in [4.69, 9.17) is 5.11 Å². The Balaban J connectivity index is 2.65. The van der Waals surface area contributed by atoms with Gasteiger partial charge in [-0.1, -0.05) is 20.3 Å². The van der Waals surface area contributed by atoms with Crippen molar-refractivity contribution in [2.24, 2.45) is 5.92 Å². The number of nitrogens with one attached hydrogen (secondary N) is 2. The first-order valence-electron chi connectivity index (χ1n) is 6.09. The average molecular weight is 285 g/mol. The monoisotopic (exact) mass is 285 g/mol. The standard InChI is InChI=1S/C12H19N3O3S/c1-5-6(2)9(10(16)17)14-11(18)15-12-13-7(3)8(4)19-12/h6,9H,5H2,1-4H3,(H,16,17)(H2,13,14,15,18)/t6?,9-/m0/s1. The Hall–Kier alpha value is -1.63. The molecule has 106 valence electrons. The van der Waals surface area contributed by atoms with Crippen molar-refractivity contribution in [1.29, 1.82) is 0 Å². The smallest absolute Gasteiger partial charge is 0.326 e. The number of carboxylic acid groups (broad SMARTS) is 1. The lowest BCUT2D eigenvalue weighted by atomic mass is 10.00. The van der Waals surface area contributed by atoms with Gasteiger partial charge in [-0.25, -0.2) is 14.6 Å². The van der Waals surface area contributed by atoms with E-state index in [1.165, 1.54) is 11.3 Å². The van der Waals surface area contributed by atoms with Crippen molar-refractivity contribution in [1.82, 2.24) is 10.3 Å².